The normalized spacial score (nSPS) is 14.4. The van der Waals surface area contributed by atoms with Crippen LogP contribution >= 0.6 is 7.82 Å². The average molecular weight is 433 g/mol. The molecule has 0 atom stereocenters. The van der Waals surface area contributed by atoms with Gasteiger partial charge in [-0.2, -0.15) is 0 Å². The number of hydrogen-bond acceptors (Lipinski definition) is 7. The number of carbonyl (C=O) groups is 1. The summed E-state index contributed by atoms with van der Waals surface area (Å²) in [6.07, 6.45) is 1.75. The Morgan fingerprint density at radius 2 is 1.57 bits per heavy atom. The van der Waals surface area contributed by atoms with Gasteiger partial charge in [-0.05, 0) is 43.7 Å². The predicted molar refractivity (Wildman–Crippen MR) is 114 cm³/mol. The average Bonchev–Trinajstić information content (AvgIpc) is 3.02. The lowest BCUT2D eigenvalue weighted by atomic mass is 10.0. The van der Waals surface area contributed by atoms with Gasteiger partial charge in [0.05, 0.1) is 33.1 Å². The number of ether oxygens (including phenoxy) is 2. The molecule has 0 aliphatic carbocycles. The fraction of sp³-hybridized carbons (Fsp3) is 0.286. The number of benzene rings is 2. The van der Waals surface area contributed by atoms with Crippen LogP contribution in [0.2, 0.25) is 0 Å². The van der Waals surface area contributed by atoms with E-state index in [0.29, 0.717) is 28.5 Å². The summed E-state index contributed by atoms with van der Waals surface area (Å²) in [5, 5.41) is 2.83. The van der Waals surface area contributed by atoms with Crippen molar-refractivity contribution >= 4 is 31.1 Å². The summed E-state index contributed by atoms with van der Waals surface area (Å²) in [6, 6.07) is 10.3. The predicted octanol–water partition coefficient (Wildman–Crippen LogP) is 4.76. The van der Waals surface area contributed by atoms with Crippen LogP contribution in [-0.4, -0.2) is 33.3 Å². The summed E-state index contributed by atoms with van der Waals surface area (Å²) in [4.78, 5) is 12.5. The maximum atomic E-state index is 12.5. The molecule has 1 aliphatic heterocycles. The van der Waals surface area contributed by atoms with Crippen LogP contribution in [0.15, 0.2) is 36.4 Å². The van der Waals surface area contributed by atoms with Gasteiger partial charge in [0.1, 0.15) is 5.75 Å². The Kier molecular flexibility index (Phi) is 6.82. The van der Waals surface area contributed by atoms with Crippen molar-refractivity contribution in [3.8, 4) is 17.2 Å². The summed E-state index contributed by atoms with van der Waals surface area (Å²) >= 11 is 0. The molecule has 0 saturated carbocycles. The van der Waals surface area contributed by atoms with E-state index in [2.05, 4.69) is 5.32 Å². The van der Waals surface area contributed by atoms with Crippen LogP contribution in [0.1, 0.15) is 25.0 Å². The Balaban J connectivity index is 1.86. The monoisotopic (exact) mass is 433 g/mol. The van der Waals surface area contributed by atoms with Gasteiger partial charge in [0.2, 0.25) is 0 Å². The van der Waals surface area contributed by atoms with Crippen molar-refractivity contribution in [1.29, 1.82) is 0 Å². The summed E-state index contributed by atoms with van der Waals surface area (Å²) < 4.78 is 38.8. The first-order valence-corrected chi connectivity index (χ1v) is 10.9. The first kappa shape index (κ1) is 21.9. The molecule has 9 heteroatoms. The topological polar surface area (TPSA) is 92.3 Å². The van der Waals surface area contributed by atoms with Crippen molar-refractivity contribution in [2.45, 2.75) is 13.8 Å². The van der Waals surface area contributed by atoms with Crippen LogP contribution in [0.3, 0.4) is 0 Å². The number of carbonyl (C=O) groups excluding carboxylic acids is 1. The molecular weight excluding hydrogens is 409 g/mol. The number of anilines is 1. The second-order valence-corrected chi connectivity index (χ2v) is 7.80. The van der Waals surface area contributed by atoms with E-state index in [1.165, 1.54) is 7.11 Å². The first-order chi connectivity index (χ1) is 14.4. The van der Waals surface area contributed by atoms with Crippen LogP contribution in [0.4, 0.5) is 5.69 Å². The van der Waals surface area contributed by atoms with E-state index in [9.17, 15) is 9.36 Å². The zero-order valence-corrected chi connectivity index (χ0v) is 18.2. The summed E-state index contributed by atoms with van der Waals surface area (Å²) in [5.74, 6) is 1.18. The van der Waals surface area contributed by atoms with Gasteiger partial charge < -0.3 is 19.3 Å². The van der Waals surface area contributed by atoms with Gasteiger partial charge in [0, 0.05) is 17.2 Å². The number of hydrogen-bond donors (Lipinski definition) is 1. The molecule has 3 rings (SSSR count). The molecule has 2 aromatic carbocycles. The zero-order chi connectivity index (χ0) is 21.7. The molecule has 0 bridgehead atoms. The van der Waals surface area contributed by atoms with Gasteiger partial charge in [-0.15, -0.1) is 0 Å². The minimum Gasteiger partial charge on any atom is -0.493 e. The number of fused-ring (bicyclic) bond motifs is 1. The van der Waals surface area contributed by atoms with Crippen molar-refractivity contribution < 1.29 is 32.4 Å². The Hall–Kier alpha value is -2.80. The number of amides is 1. The highest BCUT2D eigenvalue weighted by Gasteiger charge is 2.28. The minimum absolute atomic E-state index is 0.199. The molecule has 0 saturated heterocycles. The summed E-state index contributed by atoms with van der Waals surface area (Å²) in [5.41, 5.74) is 2.63. The van der Waals surface area contributed by atoms with Crippen molar-refractivity contribution in [1.82, 2.24) is 0 Å². The Bertz CT molecular complexity index is 991. The number of rotatable bonds is 9. The van der Waals surface area contributed by atoms with Crippen LogP contribution in [0.5, 0.6) is 17.2 Å². The smallest absolute Gasteiger partial charge is 0.493 e. The Morgan fingerprint density at radius 1 is 0.967 bits per heavy atom. The first-order valence-electron chi connectivity index (χ1n) is 9.41. The number of phosphoric ester groups is 1. The molecule has 0 unspecified atom stereocenters. The molecular formula is C21H24NO7P. The fourth-order valence-corrected chi connectivity index (χ4v) is 4.18. The van der Waals surface area contributed by atoms with E-state index in [4.69, 9.17) is 23.0 Å². The number of phosphoric acid groups is 1. The molecule has 1 amide bonds. The maximum absolute atomic E-state index is 12.5. The quantitative estimate of drug-likeness (QED) is 0.450. The van der Waals surface area contributed by atoms with Crippen molar-refractivity contribution in [3.63, 3.8) is 0 Å². The molecule has 0 spiro atoms. The lowest BCUT2D eigenvalue weighted by Gasteiger charge is -2.17. The molecule has 0 radical (unpaired) electrons. The Morgan fingerprint density at radius 3 is 2.13 bits per heavy atom. The van der Waals surface area contributed by atoms with Crippen molar-refractivity contribution in [3.05, 3.63) is 47.5 Å². The van der Waals surface area contributed by atoms with E-state index >= 15 is 0 Å². The van der Waals surface area contributed by atoms with Gasteiger partial charge in [0.25, 0.3) is 5.91 Å². The van der Waals surface area contributed by atoms with Crippen molar-refractivity contribution in [2.24, 2.45) is 0 Å². The highest BCUT2D eigenvalue weighted by atomic mass is 31.2. The van der Waals surface area contributed by atoms with E-state index < -0.39 is 7.82 Å². The highest BCUT2D eigenvalue weighted by Crippen LogP contribution is 2.49. The van der Waals surface area contributed by atoms with E-state index in [0.717, 1.165) is 11.1 Å². The third kappa shape index (κ3) is 4.67. The SMILES string of the molecule is CCOP(=O)(OCC)Oc1ccc(/C=C2/C(=O)Nc3cc(OC)c(OC)cc32)cc1. The number of methoxy groups -OCH3 is 2. The molecule has 1 aliphatic rings. The van der Waals surface area contributed by atoms with E-state index in [1.54, 1.807) is 63.4 Å². The largest absolute Gasteiger partial charge is 0.530 e. The number of nitrogens with one attached hydrogen (secondary N) is 1. The highest BCUT2D eigenvalue weighted by molar-refractivity contribution is 7.48. The van der Waals surface area contributed by atoms with Crippen LogP contribution in [0, 0.1) is 0 Å². The van der Waals surface area contributed by atoms with Gasteiger partial charge in [-0.1, -0.05) is 12.1 Å². The minimum atomic E-state index is -3.66. The zero-order valence-electron chi connectivity index (χ0n) is 17.3. The van der Waals surface area contributed by atoms with Crippen LogP contribution in [-0.2, 0) is 18.4 Å². The maximum Gasteiger partial charge on any atom is 0.530 e. The summed E-state index contributed by atoms with van der Waals surface area (Å²) in [7, 11) is -0.581. The lowest BCUT2D eigenvalue weighted by Crippen LogP contribution is -2.03. The molecule has 1 N–H and O–H groups in total. The lowest BCUT2D eigenvalue weighted by molar-refractivity contribution is -0.110. The van der Waals surface area contributed by atoms with Gasteiger partial charge in [0.15, 0.2) is 11.5 Å². The molecule has 0 aromatic heterocycles. The van der Waals surface area contributed by atoms with Crippen LogP contribution < -0.4 is 19.3 Å². The molecule has 8 nitrogen and oxygen atoms in total. The third-order valence-corrected chi connectivity index (χ3v) is 5.87. The molecule has 30 heavy (non-hydrogen) atoms. The van der Waals surface area contributed by atoms with E-state index in [1.807, 2.05) is 0 Å². The standard InChI is InChI=1S/C21H24NO7P/c1-5-27-30(24,28-6-2)29-15-9-7-14(8-10-15)11-17-16-12-19(25-3)20(26-4)13-18(16)22-21(17)23/h7-13H,5-6H2,1-4H3,(H,22,23)/b17-11+. The second kappa shape index (κ2) is 9.34. The third-order valence-electron chi connectivity index (χ3n) is 4.29. The molecule has 2 aromatic rings. The molecule has 160 valence electrons. The van der Waals surface area contributed by atoms with E-state index in [-0.39, 0.29) is 19.1 Å². The fourth-order valence-electron chi connectivity index (χ4n) is 2.99. The second-order valence-electron chi connectivity index (χ2n) is 6.21. The van der Waals surface area contributed by atoms with Gasteiger partial charge in [-0.25, -0.2) is 4.57 Å². The van der Waals surface area contributed by atoms with Gasteiger partial charge in [-0.3, -0.25) is 13.8 Å². The van der Waals surface area contributed by atoms with Crippen LogP contribution in [0.25, 0.3) is 11.6 Å². The summed E-state index contributed by atoms with van der Waals surface area (Å²) in [6.45, 7) is 3.81. The Labute approximate surface area is 175 Å². The van der Waals surface area contributed by atoms with Gasteiger partial charge >= 0.3 is 7.82 Å². The molecule has 1 heterocycles. The molecule has 0 fully saturated rings. The van der Waals surface area contributed by atoms with Crippen molar-refractivity contribution in [2.75, 3.05) is 32.8 Å².